The number of hydrogen-bond acceptors (Lipinski definition) is 8. The standard InChI is InChI=1S/C22H37N3O8/c1-4-5-6-7-8-9-18(28)32-12-16(27)20(31-3)19-14(10-13(2)26)15(25-22(23)24)11-17(33-19)21(29)30/h11,14-16,19-20,27H,4-10,12H2,1-3H3,(H,29,30)(H4,23,24,25)/t14-,15+,16-,19-,20-/m1/s1. The molecule has 0 bridgehead atoms. The van der Waals surface area contributed by atoms with E-state index in [4.69, 9.17) is 25.7 Å². The maximum atomic E-state index is 12.0. The third kappa shape index (κ3) is 9.79. The molecule has 0 spiro atoms. The molecule has 0 aliphatic carbocycles. The van der Waals surface area contributed by atoms with Crippen molar-refractivity contribution in [1.82, 2.24) is 0 Å². The summed E-state index contributed by atoms with van der Waals surface area (Å²) in [4.78, 5) is 39.5. The summed E-state index contributed by atoms with van der Waals surface area (Å²) in [5.74, 6) is -3.48. The Hall–Kier alpha value is -2.66. The zero-order valence-electron chi connectivity index (χ0n) is 19.6. The summed E-state index contributed by atoms with van der Waals surface area (Å²) >= 11 is 0. The van der Waals surface area contributed by atoms with Gasteiger partial charge in [-0.2, -0.15) is 0 Å². The zero-order chi connectivity index (χ0) is 25.0. The molecule has 1 aliphatic heterocycles. The molecule has 0 fully saturated rings. The highest BCUT2D eigenvalue weighted by Gasteiger charge is 2.44. The van der Waals surface area contributed by atoms with Crippen molar-refractivity contribution < 1.29 is 38.8 Å². The van der Waals surface area contributed by atoms with Crippen molar-refractivity contribution in [3.05, 3.63) is 11.8 Å². The van der Waals surface area contributed by atoms with Crippen LogP contribution in [0, 0.1) is 5.92 Å². The van der Waals surface area contributed by atoms with E-state index in [-0.39, 0.29) is 31.2 Å². The molecule has 0 saturated carbocycles. The largest absolute Gasteiger partial charge is 0.480 e. The molecule has 0 unspecified atom stereocenters. The first kappa shape index (κ1) is 28.4. The number of nitrogens with zero attached hydrogens (tertiary/aromatic N) is 1. The highest BCUT2D eigenvalue weighted by molar-refractivity contribution is 5.85. The third-order valence-corrected chi connectivity index (χ3v) is 5.35. The van der Waals surface area contributed by atoms with Crippen molar-refractivity contribution in [2.45, 2.75) is 83.1 Å². The maximum Gasteiger partial charge on any atom is 0.370 e. The predicted molar refractivity (Wildman–Crippen MR) is 120 cm³/mol. The molecular formula is C22H37N3O8. The first-order valence-corrected chi connectivity index (χ1v) is 11.2. The second-order valence-electron chi connectivity index (χ2n) is 8.15. The fourth-order valence-corrected chi connectivity index (χ4v) is 3.78. The number of esters is 1. The van der Waals surface area contributed by atoms with Crippen LogP contribution in [0.2, 0.25) is 0 Å². The monoisotopic (exact) mass is 471 g/mol. The van der Waals surface area contributed by atoms with Gasteiger partial charge in [0.15, 0.2) is 5.96 Å². The molecule has 0 aromatic carbocycles. The Labute approximate surface area is 194 Å². The number of nitrogens with two attached hydrogens (primary N) is 2. The summed E-state index contributed by atoms with van der Waals surface area (Å²) in [6.45, 7) is 3.09. The lowest BCUT2D eigenvalue weighted by Crippen LogP contribution is -2.52. The van der Waals surface area contributed by atoms with Crippen LogP contribution in [0.1, 0.15) is 58.8 Å². The summed E-state index contributed by atoms with van der Waals surface area (Å²) in [7, 11) is 1.30. The molecule has 1 heterocycles. The van der Waals surface area contributed by atoms with Gasteiger partial charge in [-0.25, -0.2) is 9.79 Å². The minimum absolute atomic E-state index is 0.0559. The number of carboxylic acids is 1. The van der Waals surface area contributed by atoms with Crippen LogP contribution in [0.3, 0.4) is 0 Å². The molecule has 11 heteroatoms. The number of methoxy groups -OCH3 is 1. The molecule has 1 rings (SSSR count). The number of Topliss-reactive ketones (excluding diaryl/α,β-unsaturated/α-hetero) is 1. The Bertz CT molecular complexity index is 720. The number of aliphatic hydroxyl groups is 1. The van der Waals surface area contributed by atoms with Gasteiger partial charge in [0.1, 0.15) is 30.7 Å². The number of carboxylic acid groups (broad SMARTS) is 1. The molecular weight excluding hydrogens is 434 g/mol. The van der Waals surface area contributed by atoms with Gasteiger partial charge in [0.25, 0.3) is 0 Å². The number of ether oxygens (including phenoxy) is 3. The Morgan fingerprint density at radius 1 is 1.21 bits per heavy atom. The number of ketones is 1. The fourth-order valence-electron chi connectivity index (χ4n) is 3.78. The van der Waals surface area contributed by atoms with E-state index in [1.807, 2.05) is 0 Å². The van der Waals surface area contributed by atoms with Crippen LogP contribution in [0.5, 0.6) is 0 Å². The molecule has 0 radical (unpaired) electrons. The Kier molecular flexibility index (Phi) is 12.5. The van der Waals surface area contributed by atoms with Gasteiger partial charge in [-0.15, -0.1) is 0 Å². The lowest BCUT2D eigenvalue weighted by atomic mass is 9.82. The number of carbonyl (C=O) groups excluding carboxylic acids is 2. The van der Waals surface area contributed by atoms with Crippen LogP contribution in [-0.2, 0) is 28.6 Å². The van der Waals surface area contributed by atoms with Crippen molar-refractivity contribution >= 4 is 23.7 Å². The molecule has 0 aromatic rings. The molecule has 1 aliphatic rings. The zero-order valence-corrected chi connectivity index (χ0v) is 19.6. The van der Waals surface area contributed by atoms with Gasteiger partial charge in [-0.3, -0.25) is 4.79 Å². The molecule has 6 N–H and O–H groups in total. The topological polar surface area (TPSA) is 184 Å². The molecule has 0 aromatic heterocycles. The van der Waals surface area contributed by atoms with E-state index in [9.17, 15) is 24.6 Å². The van der Waals surface area contributed by atoms with Crippen molar-refractivity contribution in [2.75, 3.05) is 13.7 Å². The van der Waals surface area contributed by atoms with E-state index in [2.05, 4.69) is 11.9 Å². The van der Waals surface area contributed by atoms with E-state index in [1.165, 1.54) is 20.1 Å². The van der Waals surface area contributed by atoms with Gasteiger partial charge in [0, 0.05) is 25.9 Å². The molecule has 11 nitrogen and oxygen atoms in total. The SMILES string of the molecule is CCCCCCCC(=O)OC[C@@H](O)[C@@H](OC)[C@@H]1OC(C(=O)O)=C[C@H](N=C(N)N)[C@H]1CC(C)=O. The quantitative estimate of drug-likeness (QED) is 0.116. The Morgan fingerprint density at radius 2 is 1.88 bits per heavy atom. The van der Waals surface area contributed by atoms with Gasteiger partial charge in [-0.05, 0) is 19.4 Å². The number of carbonyl (C=O) groups is 3. The summed E-state index contributed by atoms with van der Waals surface area (Å²) < 4.78 is 16.2. The summed E-state index contributed by atoms with van der Waals surface area (Å²) in [5.41, 5.74) is 11.0. The van der Waals surface area contributed by atoms with Crippen LogP contribution >= 0.6 is 0 Å². The summed E-state index contributed by atoms with van der Waals surface area (Å²) in [6.07, 6.45) is 2.72. The molecule has 0 saturated heterocycles. The Balaban J connectivity index is 2.94. The number of aliphatic imine (C=N–C) groups is 1. The molecule has 0 amide bonds. The van der Waals surface area contributed by atoms with Crippen LogP contribution in [0.4, 0.5) is 0 Å². The third-order valence-electron chi connectivity index (χ3n) is 5.35. The average molecular weight is 472 g/mol. The minimum atomic E-state index is -1.36. The lowest BCUT2D eigenvalue weighted by Gasteiger charge is -2.39. The highest BCUT2D eigenvalue weighted by Crippen LogP contribution is 2.33. The van der Waals surface area contributed by atoms with Gasteiger partial charge >= 0.3 is 11.9 Å². The van der Waals surface area contributed by atoms with Crippen molar-refractivity contribution in [3.8, 4) is 0 Å². The maximum absolute atomic E-state index is 12.0. The van der Waals surface area contributed by atoms with E-state index in [1.54, 1.807) is 0 Å². The predicted octanol–water partition coefficient (Wildman–Crippen LogP) is 0.871. The van der Waals surface area contributed by atoms with E-state index in [0.717, 1.165) is 25.7 Å². The molecule has 188 valence electrons. The smallest absolute Gasteiger partial charge is 0.370 e. The number of aliphatic hydroxyl groups excluding tert-OH is 1. The number of rotatable bonds is 15. The van der Waals surface area contributed by atoms with E-state index >= 15 is 0 Å². The number of aliphatic carboxylic acids is 1. The normalized spacial score (nSPS) is 21.8. The van der Waals surface area contributed by atoms with Crippen molar-refractivity contribution in [2.24, 2.45) is 22.4 Å². The lowest BCUT2D eigenvalue weighted by molar-refractivity contribution is -0.162. The molecule has 33 heavy (non-hydrogen) atoms. The summed E-state index contributed by atoms with van der Waals surface area (Å²) in [5, 5.41) is 20.1. The van der Waals surface area contributed by atoms with Gasteiger partial charge in [0.05, 0.1) is 6.04 Å². The van der Waals surface area contributed by atoms with Crippen LogP contribution in [0.25, 0.3) is 0 Å². The van der Waals surface area contributed by atoms with Crippen LogP contribution in [0.15, 0.2) is 16.8 Å². The first-order valence-electron chi connectivity index (χ1n) is 11.2. The van der Waals surface area contributed by atoms with E-state index in [0.29, 0.717) is 6.42 Å². The van der Waals surface area contributed by atoms with Crippen LogP contribution < -0.4 is 11.5 Å². The number of guanidine groups is 1. The van der Waals surface area contributed by atoms with Crippen LogP contribution in [-0.4, -0.2) is 72.0 Å². The number of hydrogen-bond donors (Lipinski definition) is 4. The average Bonchev–Trinajstić information content (AvgIpc) is 2.73. The van der Waals surface area contributed by atoms with Crippen molar-refractivity contribution in [1.29, 1.82) is 0 Å². The highest BCUT2D eigenvalue weighted by atomic mass is 16.6. The number of unbranched alkanes of at least 4 members (excludes halogenated alkanes) is 4. The fraction of sp³-hybridized carbons (Fsp3) is 0.727. The Morgan fingerprint density at radius 3 is 2.42 bits per heavy atom. The minimum Gasteiger partial charge on any atom is -0.480 e. The molecule has 5 atom stereocenters. The van der Waals surface area contributed by atoms with Gasteiger partial charge in [-0.1, -0.05) is 32.6 Å². The second-order valence-corrected chi connectivity index (χ2v) is 8.15. The first-order chi connectivity index (χ1) is 15.6. The van der Waals surface area contributed by atoms with E-state index < -0.39 is 48.0 Å². The second kappa shape index (κ2) is 14.5. The van der Waals surface area contributed by atoms with Gasteiger partial charge in [0.2, 0.25) is 5.76 Å². The van der Waals surface area contributed by atoms with Crippen molar-refractivity contribution in [3.63, 3.8) is 0 Å². The van der Waals surface area contributed by atoms with Gasteiger partial charge < -0.3 is 40.7 Å². The summed E-state index contributed by atoms with van der Waals surface area (Å²) in [6, 6.07) is -0.890.